The molecule has 0 radical (unpaired) electrons. The quantitative estimate of drug-likeness (QED) is 0.576. The summed E-state index contributed by atoms with van der Waals surface area (Å²) in [4.78, 5) is 22.6. The molecule has 4 nitrogen and oxygen atoms in total. The number of carbonyl (C=O) groups excluding carboxylic acids is 1. The molecule has 1 aromatic rings. The van der Waals surface area contributed by atoms with Crippen LogP contribution in [-0.4, -0.2) is 11.0 Å². The van der Waals surface area contributed by atoms with E-state index < -0.39 is 5.97 Å². The van der Waals surface area contributed by atoms with Crippen LogP contribution >= 0.6 is 11.3 Å². The first-order valence-corrected chi connectivity index (χ1v) is 3.34. The monoisotopic (exact) mass is 158 g/mol. The Morgan fingerprint density at radius 3 is 2.50 bits per heavy atom. The molecule has 0 aromatic carbocycles. The molecule has 0 saturated heterocycles. The first-order valence-electron chi connectivity index (χ1n) is 2.52. The van der Waals surface area contributed by atoms with Crippen LogP contribution in [0, 0.1) is 6.92 Å². The summed E-state index contributed by atoms with van der Waals surface area (Å²) in [5.41, 5.74) is 0.356. The number of carboxylic acids is 1. The van der Waals surface area contributed by atoms with E-state index in [0.717, 1.165) is 0 Å². The zero-order valence-electron chi connectivity index (χ0n) is 5.13. The van der Waals surface area contributed by atoms with Gasteiger partial charge in [-0.3, -0.25) is 4.79 Å². The van der Waals surface area contributed by atoms with Gasteiger partial charge in [0.25, 0.3) is 0 Å². The van der Waals surface area contributed by atoms with Crippen LogP contribution in [0.4, 0.5) is 0 Å². The lowest BCUT2D eigenvalue weighted by Crippen LogP contribution is -2.21. The predicted molar refractivity (Wildman–Crippen MR) is 34.0 cm³/mol. The smallest absolute Gasteiger partial charge is 0.305 e. The summed E-state index contributed by atoms with van der Waals surface area (Å²) in [5.74, 6) is -1.30. The lowest BCUT2D eigenvalue weighted by atomic mass is 10.4. The van der Waals surface area contributed by atoms with Gasteiger partial charge in [0.15, 0.2) is 0 Å². The molecule has 0 amide bonds. The van der Waals surface area contributed by atoms with Crippen molar-refractivity contribution in [2.75, 3.05) is 0 Å². The normalized spacial score (nSPS) is 9.70. The highest BCUT2D eigenvalue weighted by Gasteiger charge is 2.02. The molecule has 54 valence electrons. The Kier molecular flexibility index (Phi) is 1.58. The van der Waals surface area contributed by atoms with Crippen molar-refractivity contribution < 1.29 is 9.90 Å². The van der Waals surface area contributed by atoms with Gasteiger partial charge in [0.05, 0.1) is 10.8 Å². The van der Waals surface area contributed by atoms with Gasteiger partial charge in [-0.25, -0.2) is 0 Å². The highest BCUT2D eigenvalue weighted by Crippen LogP contribution is 2.04. The molecule has 0 aliphatic rings. The van der Waals surface area contributed by atoms with E-state index >= 15 is 0 Å². The van der Waals surface area contributed by atoms with Crippen molar-refractivity contribution in [3.05, 3.63) is 20.2 Å². The first-order chi connectivity index (χ1) is 4.61. The third kappa shape index (κ3) is 1.08. The number of hydrogen-bond donors (Lipinski definition) is 1. The molecule has 1 rings (SSSR count). The van der Waals surface area contributed by atoms with Gasteiger partial charge < -0.3 is 14.9 Å². The summed E-state index contributed by atoms with van der Waals surface area (Å²) in [6, 6.07) is 0. The second kappa shape index (κ2) is 2.26. The molecule has 0 unspecified atom stereocenters. The standard InChI is InChI=1S/C5H5NO3S/c1-2-3(4(7)8)10-5(9)6-2/h1H3,(H,6,9)(H,7,8)/p-1. The molecule has 1 aromatic heterocycles. The molecule has 0 saturated carbocycles. The second-order valence-electron chi connectivity index (χ2n) is 1.76. The van der Waals surface area contributed by atoms with Crippen molar-refractivity contribution in [1.82, 2.24) is 4.98 Å². The maximum atomic E-state index is 10.5. The van der Waals surface area contributed by atoms with Crippen molar-refractivity contribution in [1.29, 1.82) is 0 Å². The zero-order chi connectivity index (χ0) is 7.72. The summed E-state index contributed by atoms with van der Waals surface area (Å²) in [6.07, 6.45) is 0. The van der Waals surface area contributed by atoms with E-state index in [-0.39, 0.29) is 9.75 Å². The number of carbonyl (C=O) groups is 1. The summed E-state index contributed by atoms with van der Waals surface area (Å²) in [6.45, 7) is 1.52. The minimum absolute atomic E-state index is 0.0231. The van der Waals surface area contributed by atoms with Crippen LogP contribution in [0.15, 0.2) is 4.79 Å². The van der Waals surface area contributed by atoms with Gasteiger partial charge in [0.2, 0.25) is 0 Å². The number of aromatic carboxylic acids is 1. The minimum atomic E-state index is -1.30. The first kappa shape index (κ1) is 7.01. The van der Waals surface area contributed by atoms with E-state index in [1.807, 2.05) is 0 Å². The van der Waals surface area contributed by atoms with Crippen LogP contribution in [0.5, 0.6) is 0 Å². The lowest BCUT2D eigenvalue weighted by Gasteiger charge is -1.95. The van der Waals surface area contributed by atoms with Gasteiger partial charge in [0, 0.05) is 5.69 Å². The molecule has 0 bridgehead atoms. The topological polar surface area (TPSA) is 73.0 Å². The average Bonchev–Trinajstić information content (AvgIpc) is 2.10. The Hall–Kier alpha value is -1.10. The van der Waals surface area contributed by atoms with Crippen LogP contribution in [0.3, 0.4) is 0 Å². The number of aromatic nitrogens is 1. The Balaban J connectivity index is 3.28. The van der Waals surface area contributed by atoms with Crippen LogP contribution in [0.2, 0.25) is 0 Å². The maximum absolute atomic E-state index is 10.5. The van der Waals surface area contributed by atoms with Gasteiger partial charge in [-0.05, 0) is 6.92 Å². The van der Waals surface area contributed by atoms with Crippen molar-refractivity contribution in [3.63, 3.8) is 0 Å². The minimum Gasteiger partial charge on any atom is -0.544 e. The highest BCUT2D eigenvalue weighted by atomic mass is 32.1. The number of H-pyrrole nitrogens is 1. The molecule has 0 atom stereocenters. The Morgan fingerprint density at radius 2 is 2.30 bits per heavy atom. The molecular weight excluding hydrogens is 154 g/mol. The summed E-state index contributed by atoms with van der Waals surface area (Å²) in [5, 5.41) is 10.2. The molecular formula is C5H4NO3S-. The van der Waals surface area contributed by atoms with E-state index in [1.54, 1.807) is 0 Å². The van der Waals surface area contributed by atoms with E-state index in [2.05, 4.69) is 4.98 Å². The van der Waals surface area contributed by atoms with Crippen LogP contribution in [-0.2, 0) is 0 Å². The van der Waals surface area contributed by atoms with Crippen molar-refractivity contribution in [3.8, 4) is 0 Å². The zero-order valence-corrected chi connectivity index (χ0v) is 5.95. The SMILES string of the molecule is Cc1[nH]c(=O)sc1C(=O)[O-]. The molecule has 0 aliphatic heterocycles. The molecule has 0 aliphatic carbocycles. The average molecular weight is 158 g/mol. The van der Waals surface area contributed by atoms with Gasteiger partial charge in [0.1, 0.15) is 0 Å². The summed E-state index contributed by atoms with van der Waals surface area (Å²) < 4.78 is 0. The number of rotatable bonds is 1. The van der Waals surface area contributed by atoms with Crippen LogP contribution in [0.25, 0.3) is 0 Å². The molecule has 1 N–H and O–H groups in total. The summed E-state index contributed by atoms with van der Waals surface area (Å²) in [7, 11) is 0. The van der Waals surface area contributed by atoms with Gasteiger partial charge in [-0.1, -0.05) is 11.3 Å². The van der Waals surface area contributed by atoms with Crippen LogP contribution in [0.1, 0.15) is 15.4 Å². The van der Waals surface area contributed by atoms with Crippen molar-refractivity contribution >= 4 is 17.3 Å². The fourth-order valence-electron chi connectivity index (χ4n) is 0.599. The number of aryl methyl sites for hydroxylation is 1. The maximum Gasteiger partial charge on any atom is 0.305 e. The van der Waals surface area contributed by atoms with E-state index in [9.17, 15) is 14.7 Å². The molecule has 1 heterocycles. The predicted octanol–water partition coefficient (Wildman–Crippen LogP) is -0.892. The summed E-state index contributed by atoms with van der Waals surface area (Å²) >= 11 is 0.649. The van der Waals surface area contributed by atoms with E-state index in [0.29, 0.717) is 17.0 Å². The Bertz CT molecular complexity index is 311. The fraction of sp³-hybridized carbons (Fsp3) is 0.200. The second-order valence-corrected chi connectivity index (χ2v) is 2.74. The van der Waals surface area contributed by atoms with E-state index in [1.165, 1.54) is 6.92 Å². The third-order valence-electron chi connectivity index (χ3n) is 1.01. The fourth-order valence-corrected chi connectivity index (χ4v) is 1.28. The van der Waals surface area contributed by atoms with Gasteiger partial charge in [-0.2, -0.15) is 0 Å². The lowest BCUT2D eigenvalue weighted by molar-refractivity contribution is -0.254. The Morgan fingerprint density at radius 1 is 1.70 bits per heavy atom. The van der Waals surface area contributed by atoms with E-state index in [4.69, 9.17) is 0 Å². The number of thiazole rings is 1. The molecule has 10 heavy (non-hydrogen) atoms. The number of aromatic amines is 1. The van der Waals surface area contributed by atoms with Gasteiger partial charge >= 0.3 is 4.87 Å². The molecule has 0 fully saturated rings. The molecule has 5 heteroatoms. The van der Waals surface area contributed by atoms with Crippen LogP contribution < -0.4 is 9.98 Å². The number of nitrogens with one attached hydrogen (secondary N) is 1. The van der Waals surface area contributed by atoms with Crippen molar-refractivity contribution in [2.24, 2.45) is 0 Å². The molecule has 0 spiro atoms. The Labute approximate surface area is 60.1 Å². The number of hydrogen-bond acceptors (Lipinski definition) is 4. The third-order valence-corrected chi connectivity index (χ3v) is 1.97. The van der Waals surface area contributed by atoms with Crippen molar-refractivity contribution in [2.45, 2.75) is 6.92 Å². The largest absolute Gasteiger partial charge is 0.544 e. The number of carboxylic acid groups (broad SMARTS) is 1. The highest BCUT2D eigenvalue weighted by molar-refractivity contribution is 7.11. The van der Waals surface area contributed by atoms with Gasteiger partial charge in [-0.15, -0.1) is 0 Å².